The van der Waals surface area contributed by atoms with Crippen molar-refractivity contribution in [1.82, 2.24) is 0 Å². The van der Waals surface area contributed by atoms with Crippen LogP contribution in [0.25, 0.3) is 0 Å². The van der Waals surface area contributed by atoms with Crippen LogP contribution in [0.2, 0.25) is 0 Å². The second-order valence-corrected chi connectivity index (χ2v) is 4.85. The van der Waals surface area contributed by atoms with Gasteiger partial charge in [0.25, 0.3) is 0 Å². The Balaban J connectivity index is 0. The fraction of sp³-hybridized carbons (Fsp3) is 0.667. The molecule has 6 nitrogen and oxygen atoms in total. The zero-order chi connectivity index (χ0) is 14.9. The van der Waals surface area contributed by atoms with E-state index in [1.807, 2.05) is 27.7 Å². The average molecular weight is 262 g/mol. The van der Waals surface area contributed by atoms with Crippen molar-refractivity contribution in [3.8, 4) is 0 Å². The molecule has 0 spiro atoms. The molecule has 106 valence electrons. The Morgan fingerprint density at radius 1 is 1.11 bits per heavy atom. The van der Waals surface area contributed by atoms with Crippen LogP contribution in [0, 0.1) is 11.3 Å². The van der Waals surface area contributed by atoms with Gasteiger partial charge in [0.2, 0.25) is 0 Å². The van der Waals surface area contributed by atoms with E-state index in [0.29, 0.717) is 12.2 Å². The van der Waals surface area contributed by atoms with Crippen molar-refractivity contribution in [2.75, 3.05) is 6.61 Å². The van der Waals surface area contributed by atoms with E-state index in [2.05, 4.69) is 0 Å². The van der Waals surface area contributed by atoms with Crippen LogP contribution in [0.3, 0.4) is 0 Å². The van der Waals surface area contributed by atoms with Gasteiger partial charge in [-0.15, -0.1) is 0 Å². The van der Waals surface area contributed by atoms with Crippen molar-refractivity contribution in [2.24, 2.45) is 11.3 Å². The van der Waals surface area contributed by atoms with Crippen molar-refractivity contribution in [3.05, 3.63) is 12.2 Å². The lowest BCUT2D eigenvalue weighted by molar-refractivity contribution is -0.134. The molecule has 0 fully saturated rings. The molecule has 0 aliphatic rings. The van der Waals surface area contributed by atoms with Gasteiger partial charge in [0.05, 0.1) is 12.7 Å². The van der Waals surface area contributed by atoms with E-state index in [-0.39, 0.29) is 17.9 Å². The second-order valence-electron chi connectivity index (χ2n) is 4.85. The van der Waals surface area contributed by atoms with Crippen LogP contribution < -0.4 is 0 Å². The van der Waals surface area contributed by atoms with Gasteiger partial charge < -0.3 is 20.4 Å². The minimum absolute atomic E-state index is 0.0341. The highest BCUT2D eigenvalue weighted by molar-refractivity contribution is 5.89. The predicted molar refractivity (Wildman–Crippen MR) is 66.1 cm³/mol. The molecular formula is C12H22O6. The zero-order valence-corrected chi connectivity index (χ0v) is 11.1. The lowest BCUT2D eigenvalue weighted by atomic mass is 9.82. The van der Waals surface area contributed by atoms with Crippen LogP contribution in [-0.4, -0.2) is 45.1 Å². The molecule has 0 saturated heterocycles. The van der Waals surface area contributed by atoms with E-state index >= 15 is 0 Å². The number of aliphatic carboxylic acids is 2. The summed E-state index contributed by atoms with van der Waals surface area (Å²) in [5, 5.41) is 34.0. The molecule has 0 saturated carbocycles. The van der Waals surface area contributed by atoms with Crippen molar-refractivity contribution in [2.45, 2.75) is 33.8 Å². The van der Waals surface area contributed by atoms with Gasteiger partial charge in [0, 0.05) is 17.6 Å². The topological polar surface area (TPSA) is 115 Å². The molecule has 0 aliphatic heterocycles. The van der Waals surface area contributed by atoms with Crippen LogP contribution in [0.15, 0.2) is 12.2 Å². The van der Waals surface area contributed by atoms with Crippen molar-refractivity contribution >= 4 is 11.9 Å². The van der Waals surface area contributed by atoms with Gasteiger partial charge in [-0.2, -0.15) is 0 Å². The monoisotopic (exact) mass is 262 g/mol. The first-order chi connectivity index (χ1) is 8.04. The largest absolute Gasteiger partial charge is 0.478 e. The molecule has 0 aromatic rings. The standard InChI is InChI=1S/C8H18O2.C4H4O4/c1-6(2)7(10)8(3,4)5-9;5-3(6)1-2-4(7)8/h6-7,9-10H,5H2,1-4H3;1-2H,(H,5,6)(H,7,8). The molecule has 4 N–H and O–H groups in total. The maximum atomic E-state index is 9.55. The van der Waals surface area contributed by atoms with Crippen molar-refractivity contribution in [3.63, 3.8) is 0 Å². The van der Waals surface area contributed by atoms with E-state index in [4.69, 9.17) is 15.3 Å². The van der Waals surface area contributed by atoms with E-state index in [9.17, 15) is 14.7 Å². The lowest BCUT2D eigenvalue weighted by Crippen LogP contribution is -2.36. The summed E-state index contributed by atoms with van der Waals surface area (Å²) < 4.78 is 0. The molecule has 0 amide bonds. The SMILES string of the molecule is CC(C)C(O)C(C)(C)CO.O=C(O)C=CC(=O)O. The normalized spacial score (nSPS) is 13.1. The Bertz CT molecular complexity index is 277. The molecule has 0 aliphatic carbocycles. The van der Waals surface area contributed by atoms with Crippen LogP contribution in [-0.2, 0) is 9.59 Å². The summed E-state index contributed by atoms with van der Waals surface area (Å²) in [6.07, 6.45) is 0.697. The molecule has 1 atom stereocenters. The summed E-state index contributed by atoms with van der Waals surface area (Å²) in [6, 6.07) is 0. The smallest absolute Gasteiger partial charge is 0.328 e. The number of hydrogen-bond acceptors (Lipinski definition) is 4. The van der Waals surface area contributed by atoms with Crippen LogP contribution in [0.5, 0.6) is 0 Å². The number of carboxylic acid groups (broad SMARTS) is 2. The summed E-state index contributed by atoms with van der Waals surface area (Å²) in [7, 11) is 0. The second kappa shape index (κ2) is 8.66. The third-order valence-electron chi connectivity index (χ3n) is 2.21. The summed E-state index contributed by atoms with van der Waals surface area (Å²) >= 11 is 0. The maximum absolute atomic E-state index is 9.55. The van der Waals surface area contributed by atoms with Gasteiger partial charge in [-0.3, -0.25) is 0 Å². The minimum Gasteiger partial charge on any atom is -0.478 e. The Hall–Kier alpha value is -1.40. The Morgan fingerprint density at radius 2 is 1.44 bits per heavy atom. The minimum atomic E-state index is -1.26. The van der Waals surface area contributed by atoms with Crippen LogP contribution in [0.4, 0.5) is 0 Å². The van der Waals surface area contributed by atoms with Gasteiger partial charge in [0.15, 0.2) is 0 Å². The predicted octanol–water partition coefficient (Wildman–Crippen LogP) is 0.734. The number of rotatable bonds is 5. The van der Waals surface area contributed by atoms with E-state index in [0.717, 1.165) is 0 Å². The zero-order valence-electron chi connectivity index (χ0n) is 11.1. The van der Waals surface area contributed by atoms with Crippen LogP contribution in [0.1, 0.15) is 27.7 Å². The fourth-order valence-corrected chi connectivity index (χ4v) is 1.14. The molecule has 0 aromatic carbocycles. The number of carboxylic acids is 2. The molecular weight excluding hydrogens is 240 g/mol. The highest BCUT2D eigenvalue weighted by Gasteiger charge is 2.28. The van der Waals surface area contributed by atoms with Gasteiger partial charge in [-0.25, -0.2) is 9.59 Å². The Labute approximate surface area is 107 Å². The molecule has 0 heterocycles. The highest BCUT2D eigenvalue weighted by atomic mass is 16.4. The van der Waals surface area contributed by atoms with Gasteiger partial charge in [0.1, 0.15) is 0 Å². The summed E-state index contributed by atoms with van der Waals surface area (Å²) in [5.74, 6) is -2.30. The van der Waals surface area contributed by atoms with Gasteiger partial charge in [-0.1, -0.05) is 27.7 Å². The molecule has 0 bridgehead atoms. The molecule has 6 heteroatoms. The molecule has 1 unspecified atom stereocenters. The molecule has 0 radical (unpaired) electrons. The Morgan fingerprint density at radius 3 is 1.56 bits per heavy atom. The van der Waals surface area contributed by atoms with E-state index in [1.54, 1.807) is 0 Å². The summed E-state index contributed by atoms with van der Waals surface area (Å²) in [6.45, 7) is 7.64. The maximum Gasteiger partial charge on any atom is 0.328 e. The lowest BCUT2D eigenvalue weighted by Gasteiger charge is -2.30. The molecule has 18 heavy (non-hydrogen) atoms. The van der Waals surface area contributed by atoms with Gasteiger partial charge >= 0.3 is 11.9 Å². The van der Waals surface area contributed by atoms with Crippen molar-refractivity contribution < 1.29 is 30.0 Å². The first kappa shape index (κ1) is 19.0. The van der Waals surface area contributed by atoms with Crippen LogP contribution >= 0.6 is 0 Å². The third-order valence-corrected chi connectivity index (χ3v) is 2.21. The first-order valence-electron chi connectivity index (χ1n) is 5.47. The van der Waals surface area contributed by atoms with Crippen molar-refractivity contribution in [1.29, 1.82) is 0 Å². The summed E-state index contributed by atoms with van der Waals surface area (Å²) in [5.41, 5.74) is -0.367. The first-order valence-corrected chi connectivity index (χ1v) is 5.47. The van der Waals surface area contributed by atoms with E-state index in [1.165, 1.54) is 0 Å². The number of hydrogen-bond donors (Lipinski definition) is 4. The fourth-order valence-electron chi connectivity index (χ4n) is 1.14. The number of carbonyl (C=O) groups is 2. The van der Waals surface area contributed by atoms with Gasteiger partial charge in [-0.05, 0) is 5.92 Å². The highest BCUT2D eigenvalue weighted by Crippen LogP contribution is 2.24. The Kier molecular flexibility index (Phi) is 9.11. The number of aliphatic hydroxyl groups excluding tert-OH is 2. The molecule has 0 aromatic heterocycles. The third kappa shape index (κ3) is 9.80. The van der Waals surface area contributed by atoms with E-state index < -0.39 is 18.0 Å². The molecule has 0 rings (SSSR count). The summed E-state index contributed by atoms with van der Waals surface area (Å²) in [4.78, 5) is 19.1. The quantitative estimate of drug-likeness (QED) is 0.543. The number of aliphatic hydroxyl groups is 2. The average Bonchev–Trinajstić information content (AvgIpc) is 2.26.